The summed E-state index contributed by atoms with van der Waals surface area (Å²) in [4.78, 5) is 53.1. The Bertz CT molecular complexity index is 1590. The molecule has 0 spiro atoms. The lowest BCUT2D eigenvalue weighted by Crippen LogP contribution is -2.65. The number of fused-ring (bicyclic) bond motifs is 3. The van der Waals surface area contributed by atoms with Gasteiger partial charge in [-0.15, -0.1) is 0 Å². The number of Topliss-reactive ketones (excluding diaryl/α,β-unsaturated/α-hetero) is 2. The first-order valence-corrected chi connectivity index (χ1v) is 13.1. The number of nitrogens with two attached hydrogens (primary N) is 1. The van der Waals surface area contributed by atoms with Crippen molar-refractivity contribution in [1.29, 1.82) is 0 Å². The summed E-state index contributed by atoms with van der Waals surface area (Å²) in [5.74, 6) is -7.62. The van der Waals surface area contributed by atoms with Gasteiger partial charge in [0.1, 0.15) is 22.8 Å². The first kappa shape index (κ1) is 28.1. The van der Waals surface area contributed by atoms with Crippen LogP contribution in [-0.4, -0.2) is 81.1 Å². The number of rotatable bonds is 5. The van der Waals surface area contributed by atoms with Crippen molar-refractivity contribution in [1.82, 2.24) is 4.90 Å². The molecule has 0 bridgehead atoms. The van der Waals surface area contributed by atoms with Gasteiger partial charge in [0.25, 0.3) is 5.91 Å². The van der Waals surface area contributed by atoms with Crippen molar-refractivity contribution in [3.63, 3.8) is 0 Å². The van der Waals surface area contributed by atoms with Gasteiger partial charge in [0.2, 0.25) is 5.78 Å². The number of ketones is 2. The molecule has 3 aliphatic carbocycles. The van der Waals surface area contributed by atoms with E-state index in [1.54, 1.807) is 51.4 Å². The number of esters is 1. The number of amides is 1. The Morgan fingerprint density at radius 1 is 1.12 bits per heavy atom. The van der Waals surface area contributed by atoms with Gasteiger partial charge in [0.15, 0.2) is 11.4 Å². The van der Waals surface area contributed by atoms with E-state index in [0.29, 0.717) is 22.3 Å². The van der Waals surface area contributed by atoms with E-state index in [4.69, 9.17) is 10.5 Å². The first-order valence-electron chi connectivity index (χ1n) is 13.1. The van der Waals surface area contributed by atoms with Crippen LogP contribution in [0.1, 0.15) is 34.8 Å². The molecule has 0 aromatic heterocycles. The molecular weight excluding hydrogens is 532 g/mol. The van der Waals surface area contributed by atoms with Crippen LogP contribution < -0.4 is 5.73 Å². The van der Waals surface area contributed by atoms with Gasteiger partial charge in [-0.2, -0.15) is 0 Å². The first-order chi connectivity index (χ1) is 19.3. The number of hydrogen-bond acceptors (Lipinski definition) is 10. The highest BCUT2D eigenvalue weighted by atomic mass is 16.5. The molecule has 11 heteroatoms. The Balaban J connectivity index is 1.70. The number of aliphatic hydroxyl groups is 3. The molecule has 2 aromatic carbocycles. The Hall–Kier alpha value is -4.48. The largest absolute Gasteiger partial charge is 0.508 e. The number of aromatic hydroxyl groups is 1. The van der Waals surface area contributed by atoms with E-state index in [0.717, 1.165) is 0 Å². The molecule has 0 radical (unpaired) electrons. The lowest BCUT2D eigenvalue weighted by molar-refractivity contribution is -0.153. The van der Waals surface area contributed by atoms with E-state index >= 15 is 0 Å². The molecular formula is C30H30N2O9. The molecule has 1 fully saturated rings. The van der Waals surface area contributed by atoms with Crippen LogP contribution in [0, 0.1) is 11.8 Å². The molecule has 4 unspecified atom stereocenters. The van der Waals surface area contributed by atoms with Crippen molar-refractivity contribution in [3.05, 3.63) is 70.0 Å². The Morgan fingerprint density at radius 3 is 2.46 bits per heavy atom. The molecule has 41 heavy (non-hydrogen) atoms. The average molecular weight is 563 g/mol. The standard InChI is InChI=1S/C30H30N2O9/c1-4-41-29(39)14-7-5-6-13(10-14)16-8-9-19(33)21-17(16)11-15-12-18-23(32(2)3)25(35)22(28(31)38)27(37)30(18,40)26(36)20(15)24(21)34/h5-10,15,18,23,33-34,37,40H,4,11-12H2,1-3H3,(H2,31,38). The molecule has 11 nitrogen and oxygen atoms in total. The van der Waals surface area contributed by atoms with Crippen molar-refractivity contribution >= 4 is 29.2 Å². The van der Waals surface area contributed by atoms with Crippen molar-refractivity contribution < 1.29 is 44.3 Å². The zero-order chi connectivity index (χ0) is 30.0. The predicted molar refractivity (Wildman–Crippen MR) is 146 cm³/mol. The maximum Gasteiger partial charge on any atom is 0.338 e. The summed E-state index contributed by atoms with van der Waals surface area (Å²) < 4.78 is 5.11. The van der Waals surface area contributed by atoms with Gasteiger partial charge >= 0.3 is 5.97 Å². The topological polar surface area (TPSA) is 188 Å². The molecule has 6 N–H and O–H groups in total. The maximum absolute atomic E-state index is 14.0. The number of benzene rings is 2. The van der Waals surface area contributed by atoms with Crippen LogP contribution in [0.5, 0.6) is 5.75 Å². The third-order valence-electron chi connectivity index (χ3n) is 8.29. The van der Waals surface area contributed by atoms with Gasteiger partial charge in [-0.05, 0) is 74.7 Å². The molecule has 0 heterocycles. The van der Waals surface area contributed by atoms with Crippen LogP contribution in [0.25, 0.3) is 16.9 Å². The highest BCUT2D eigenvalue weighted by Crippen LogP contribution is 2.53. The number of carbonyl (C=O) groups excluding carboxylic acids is 4. The SMILES string of the molecule is CCOC(=O)c1cccc(-c2ccc(O)c3c2CC2CC4C(N(C)C)C(=O)C(C(N)=O)=C(O)C4(O)C(=O)C2=C3O)c1. The minimum Gasteiger partial charge on any atom is -0.508 e. The van der Waals surface area contributed by atoms with Gasteiger partial charge in [0.05, 0.1) is 23.8 Å². The number of ether oxygens (including phenoxy) is 1. The summed E-state index contributed by atoms with van der Waals surface area (Å²) in [6.07, 6.45) is 0.103. The van der Waals surface area contributed by atoms with Crippen molar-refractivity contribution in [2.45, 2.75) is 31.4 Å². The predicted octanol–water partition coefficient (Wildman–Crippen LogP) is 1.81. The van der Waals surface area contributed by atoms with E-state index in [1.165, 1.54) is 11.0 Å². The minimum absolute atomic E-state index is 0.0241. The lowest BCUT2D eigenvalue weighted by atomic mass is 9.57. The summed E-state index contributed by atoms with van der Waals surface area (Å²) in [6, 6.07) is 8.48. The van der Waals surface area contributed by atoms with E-state index in [9.17, 15) is 39.6 Å². The van der Waals surface area contributed by atoms with Gasteiger partial charge in [-0.3, -0.25) is 19.3 Å². The molecule has 2 aromatic rings. The van der Waals surface area contributed by atoms with Crippen molar-refractivity contribution in [2.75, 3.05) is 20.7 Å². The van der Waals surface area contributed by atoms with Gasteiger partial charge in [-0.1, -0.05) is 18.2 Å². The monoisotopic (exact) mass is 562 g/mol. The van der Waals surface area contributed by atoms with Gasteiger partial charge in [0, 0.05) is 11.5 Å². The number of hydrogen-bond donors (Lipinski definition) is 5. The number of phenolic OH excluding ortho intramolecular Hbond substituents is 1. The number of aliphatic hydroxyl groups excluding tert-OH is 2. The normalized spacial score (nSPS) is 25.5. The van der Waals surface area contributed by atoms with E-state index < -0.39 is 64.0 Å². The quantitative estimate of drug-likeness (QED) is 0.266. The minimum atomic E-state index is -2.70. The fraction of sp³-hybridized carbons (Fsp3) is 0.333. The zero-order valence-electron chi connectivity index (χ0n) is 22.7. The summed E-state index contributed by atoms with van der Waals surface area (Å²) in [6.45, 7) is 1.90. The second-order valence-electron chi connectivity index (χ2n) is 10.7. The Labute approximate surface area is 235 Å². The van der Waals surface area contributed by atoms with E-state index in [1.807, 2.05) is 0 Å². The number of phenols is 1. The molecule has 3 aliphatic rings. The van der Waals surface area contributed by atoms with E-state index in [2.05, 4.69) is 0 Å². The Morgan fingerprint density at radius 2 is 1.83 bits per heavy atom. The number of carbonyl (C=O) groups is 4. The van der Waals surface area contributed by atoms with Crippen LogP contribution in [0.15, 0.2) is 53.3 Å². The zero-order valence-corrected chi connectivity index (χ0v) is 22.7. The molecule has 1 saturated carbocycles. The van der Waals surface area contributed by atoms with E-state index in [-0.39, 0.29) is 36.3 Å². The number of primary amides is 1. The fourth-order valence-corrected chi connectivity index (χ4v) is 6.54. The smallest absolute Gasteiger partial charge is 0.338 e. The van der Waals surface area contributed by atoms with Crippen molar-refractivity contribution in [3.8, 4) is 16.9 Å². The second-order valence-corrected chi connectivity index (χ2v) is 10.7. The molecule has 0 saturated heterocycles. The molecule has 1 amide bonds. The van der Waals surface area contributed by atoms with Gasteiger partial charge < -0.3 is 30.9 Å². The molecule has 5 rings (SSSR count). The third kappa shape index (κ3) is 4.03. The second kappa shape index (κ2) is 9.86. The van der Waals surface area contributed by atoms with Crippen LogP contribution in [0.2, 0.25) is 0 Å². The fourth-order valence-electron chi connectivity index (χ4n) is 6.54. The van der Waals surface area contributed by atoms with Crippen molar-refractivity contribution in [2.24, 2.45) is 17.6 Å². The highest BCUT2D eigenvalue weighted by Gasteiger charge is 2.64. The summed E-state index contributed by atoms with van der Waals surface area (Å²) in [7, 11) is 3.08. The lowest BCUT2D eigenvalue weighted by Gasteiger charge is -2.50. The maximum atomic E-state index is 14.0. The van der Waals surface area contributed by atoms with Crippen LogP contribution in [-0.2, 0) is 25.5 Å². The van der Waals surface area contributed by atoms with Crippen LogP contribution in [0.3, 0.4) is 0 Å². The summed E-state index contributed by atoms with van der Waals surface area (Å²) in [5, 5.41) is 44.9. The third-order valence-corrected chi connectivity index (χ3v) is 8.29. The number of likely N-dealkylation sites (N-methyl/N-ethyl adjacent to an activating group) is 1. The Kier molecular flexibility index (Phi) is 6.75. The van der Waals surface area contributed by atoms with Gasteiger partial charge in [-0.25, -0.2) is 4.79 Å². The average Bonchev–Trinajstić information content (AvgIpc) is 2.90. The molecule has 4 atom stereocenters. The molecule has 214 valence electrons. The molecule has 0 aliphatic heterocycles. The summed E-state index contributed by atoms with van der Waals surface area (Å²) in [5.41, 5.74) is 3.53. The highest BCUT2D eigenvalue weighted by molar-refractivity contribution is 6.24. The summed E-state index contributed by atoms with van der Waals surface area (Å²) >= 11 is 0. The van der Waals surface area contributed by atoms with Crippen LogP contribution in [0.4, 0.5) is 0 Å². The van der Waals surface area contributed by atoms with Crippen LogP contribution >= 0.6 is 0 Å². The number of nitrogens with zero attached hydrogens (tertiary/aromatic N) is 1.